The van der Waals surface area contributed by atoms with Gasteiger partial charge in [-0.05, 0) is 75.7 Å². The summed E-state index contributed by atoms with van der Waals surface area (Å²) in [4.78, 5) is 39.3. The number of hydrogen-bond acceptors (Lipinski definition) is 7. The first-order chi connectivity index (χ1) is 17.4. The molecule has 36 heavy (non-hydrogen) atoms. The van der Waals surface area contributed by atoms with E-state index >= 15 is 0 Å². The van der Waals surface area contributed by atoms with Gasteiger partial charge in [-0.3, -0.25) is 14.5 Å². The molecule has 3 aromatic rings. The van der Waals surface area contributed by atoms with Crippen molar-refractivity contribution in [2.45, 2.75) is 0 Å². The van der Waals surface area contributed by atoms with E-state index in [0.717, 1.165) is 16.7 Å². The van der Waals surface area contributed by atoms with Gasteiger partial charge < -0.3 is 14.2 Å². The quantitative estimate of drug-likeness (QED) is 0.170. The fraction of sp³-hybridized carbons (Fsp3) is 0.115. The Bertz CT molecular complexity index is 1350. The highest BCUT2D eigenvalue weighted by Crippen LogP contribution is 2.39. The Labute approximate surface area is 225 Å². The molecule has 7 nitrogen and oxygen atoms in total. The Morgan fingerprint density at radius 3 is 2.53 bits per heavy atom. The zero-order valence-electron chi connectivity index (χ0n) is 18.9. The number of imide groups is 1. The number of ether oxygens (including phenoxy) is 3. The molecule has 0 aliphatic carbocycles. The van der Waals surface area contributed by atoms with E-state index < -0.39 is 11.9 Å². The lowest BCUT2D eigenvalue weighted by Gasteiger charge is -2.13. The number of halogens is 2. The van der Waals surface area contributed by atoms with Gasteiger partial charge in [0.2, 0.25) is 0 Å². The van der Waals surface area contributed by atoms with Crippen LogP contribution in [-0.2, 0) is 4.79 Å². The van der Waals surface area contributed by atoms with Crippen molar-refractivity contribution in [1.82, 2.24) is 4.90 Å². The van der Waals surface area contributed by atoms with Gasteiger partial charge in [-0.25, -0.2) is 4.79 Å². The molecule has 0 aromatic heterocycles. The second kappa shape index (κ2) is 11.6. The topological polar surface area (TPSA) is 82.1 Å². The number of thioether (sulfide) groups is 1. The van der Waals surface area contributed by atoms with Crippen molar-refractivity contribution in [3.8, 4) is 17.2 Å². The summed E-state index contributed by atoms with van der Waals surface area (Å²) in [5.41, 5.74) is 0.782. The molecule has 0 atom stereocenters. The standard InChI is InChI=1S/C26H19BrClNO6S/c1-33-21-14-16(13-19(27)23(21)35-25(31)18-9-5-6-10-20(18)28)15-22-24(30)29(26(32)36-22)11-12-34-17-7-3-2-4-8-17/h2-10,13-15H,11-12H2,1H3/b22-15-. The highest BCUT2D eigenvalue weighted by atomic mass is 79.9. The van der Waals surface area contributed by atoms with Crippen LogP contribution in [0.2, 0.25) is 5.02 Å². The van der Waals surface area contributed by atoms with Crippen LogP contribution in [0.5, 0.6) is 17.2 Å². The highest BCUT2D eigenvalue weighted by Gasteiger charge is 2.35. The molecule has 0 bridgehead atoms. The van der Waals surface area contributed by atoms with Gasteiger partial charge in [0.05, 0.1) is 33.6 Å². The maximum absolute atomic E-state index is 12.8. The second-order valence-electron chi connectivity index (χ2n) is 7.40. The number of hydrogen-bond donors (Lipinski definition) is 0. The summed E-state index contributed by atoms with van der Waals surface area (Å²) < 4.78 is 17.0. The molecule has 3 aromatic carbocycles. The summed E-state index contributed by atoms with van der Waals surface area (Å²) in [6.07, 6.45) is 1.58. The van der Waals surface area contributed by atoms with Gasteiger partial charge >= 0.3 is 5.97 Å². The van der Waals surface area contributed by atoms with Crippen LogP contribution in [0.1, 0.15) is 15.9 Å². The fourth-order valence-corrected chi connectivity index (χ4v) is 4.93. The van der Waals surface area contributed by atoms with Gasteiger partial charge in [-0.15, -0.1) is 0 Å². The molecule has 0 radical (unpaired) electrons. The van der Waals surface area contributed by atoms with E-state index in [-0.39, 0.29) is 45.4 Å². The van der Waals surface area contributed by atoms with Gasteiger partial charge in [0.15, 0.2) is 11.5 Å². The molecule has 1 aliphatic rings. The molecule has 10 heteroatoms. The number of carbonyl (C=O) groups is 3. The maximum Gasteiger partial charge on any atom is 0.345 e. The molecule has 1 fully saturated rings. The zero-order valence-corrected chi connectivity index (χ0v) is 22.1. The third-order valence-corrected chi connectivity index (χ3v) is 6.86. The average molecular weight is 589 g/mol. The van der Waals surface area contributed by atoms with Gasteiger partial charge in [0.25, 0.3) is 11.1 Å². The first kappa shape index (κ1) is 25.8. The Kier molecular flexibility index (Phi) is 8.35. The largest absolute Gasteiger partial charge is 0.493 e. The van der Waals surface area contributed by atoms with Crippen LogP contribution in [0.25, 0.3) is 6.08 Å². The van der Waals surface area contributed by atoms with E-state index in [0.29, 0.717) is 15.8 Å². The molecular formula is C26H19BrClNO6S. The van der Waals surface area contributed by atoms with Crippen molar-refractivity contribution >= 4 is 62.5 Å². The van der Waals surface area contributed by atoms with Crippen LogP contribution in [-0.4, -0.2) is 42.3 Å². The molecule has 1 saturated heterocycles. The predicted molar refractivity (Wildman–Crippen MR) is 142 cm³/mol. The molecule has 2 amide bonds. The van der Waals surface area contributed by atoms with Crippen molar-refractivity contribution in [3.05, 3.63) is 92.3 Å². The average Bonchev–Trinajstić information content (AvgIpc) is 3.13. The van der Waals surface area contributed by atoms with Crippen molar-refractivity contribution in [2.24, 2.45) is 0 Å². The summed E-state index contributed by atoms with van der Waals surface area (Å²) in [7, 11) is 1.43. The molecule has 184 valence electrons. The Hall–Kier alpha value is -3.27. The zero-order chi connectivity index (χ0) is 25.7. The van der Waals surface area contributed by atoms with Crippen molar-refractivity contribution < 1.29 is 28.6 Å². The van der Waals surface area contributed by atoms with E-state index in [4.69, 9.17) is 25.8 Å². The van der Waals surface area contributed by atoms with E-state index in [2.05, 4.69) is 15.9 Å². The first-order valence-corrected chi connectivity index (χ1v) is 12.6. The van der Waals surface area contributed by atoms with Crippen LogP contribution < -0.4 is 14.2 Å². The van der Waals surface area contributed by atoms with Gasteiger partial charge in [-0.2, -0.15) is 0 Å². The lowest BCUT2D eigenvalue weighted by molar-refractivity contribution is -0.123. The summed E-state index contributed by atoms with van der Waals surface area (Å²) in [6, 6.07) is 19.0. The molecule has 0 saturated carbocycles. The lowest BCUT2D eigenvalue weighted by Crippen LogP contribution is -2.32. The smallest absolute Gasteiger partial charge is 0.345 e. The highest BCUT2D eigenvalue weighted by molar-refractivity contribution is 9.10. The van der Waals surface area contributed by atoms with E-state index in [1.165, 1.54) is 7.11 Å². The minimum Gasteiger partial charge on any atom is -0.493 e. The number of rotatable bonds is 8. The number of benzene rings is 3. The van der Waals surface area contributed by atoms with Crippen molar-refractivity contribution in [2.75, 3.05) is 20.3 Å². The SMILES string of the molecule is COc1cc(/C=C2\SC(=O)N(CCOc3ccccc3)C2=O)cc(Br)c1OC(=O)c1ccccc1Cl. The molecule has 4 rings (SSSR count). The predicted octanol–water partition coefficient (Wildman–Crippen LogP) is 6.45. The fourth-order valence-electron chi connectivity index (χ4n) is 3.31. The number of para-hydroxylation sites is 1. The monoisotopic (exact) mass is 587 g/mol. The van der Waals surface area contributed by atoms with Crippen LogP contribution >= 0.6 is 39.3 Å². The van der Waals surface area contributed by atoms with Crippen molar-refractivity contribution in [1.29, 1.82) is 0 Å². The normalized spacial score (nSPS) is 14.3. The van der Waals surface area contributed by atoms with Crippen LogP contribution in [0.4, 0.5) is 4.79 Å². The third-order valence-electron chi connectivity index (χ3n) is 5.04. The summed E-state index contributed by atoms with van der Waals surface area (Å²) in [5, 5.41) is -0.113. The van der Waals surface area contributed by atoms with Crippen molar-refractivity contribution in [3.63, 3.8) is 0 Å². The van der Waals surface area contributed by atoms with Gasteiger partial charge in [-0.1, -0.05) is 41.9 Å². The van der Waals surface area contributed by atoms with Crippen LogP contribution in [0.3, 0.4) is 0 Å². The van der Waals surface area contributed by atoms with E-state index in [9.17, 15) is 14.4 Å². The van der Waals surface area contributed by atoms with Gasteiger partial charge in [0, 0.05) is 0 Å². The summed E-state index contributed by atoms with van der Waals surface area (Å²) in [5.74, 6) is 0.0155. The third kappa shape index (κ3) is 5.92. The van der Waals surface area contributed by atoms with E-state index in [1.54, 1.807) is 54.6 Å². The maximum atomic E-state index is 12.8. The number of methoxy groups -OCH3 is 1. The molecule has 0 spiro atoms. The summed E-state index contributed by atoms with van der Waals surface area (Å²) >= 11 is 10.3. The number of amides is 2. The molecule has 1 aliphatic heterocycles. The van der Waals surface area contributed by atoms with E-state index in [1.807, 2.05) is 18.2 Å². The minimum atomic E-state index is -0.647. The minimum absolute atomic E-state index is 0.126. The summed E-state index contributed by atoms with van der Waals surface area (Å²) in [6.45, 7) is 0.307. The molecule has 0 N–H and O–H groups in total. The molecular weight excluding hydrogens is 570 g/mol. The molecule has 1 heterocycles. The molecule has 0 unspecified atom stereocenters. The van der Waals surface area contributed by atoms with Gasteiger partial charge in [0.1, 0.15) is 12.4 Å². The second-order valence-corrected chi connectivity index (χ2v) is 9.65. The Morgan fingerprint density at radius 1 is 1.08 bits per heavy atom. The van der Waals surface area contributed by atoms with Crippen LogP contribution in [0.15, 0.2) is 76.1 Å². The number of carbonyl (C=O) groups excluding carboxylic acids is 3. The number of nitrogens with zero attached hydrogens (tertiary/aromatic N) is 1. The Morgan fingerprint density at radius 2 is 1.81 bits per heavy atom. The lowest BCUT2D eigenvalue weighted by atomic mass is 10.1. The number of esters is 1. The van der Waals surface area contributed by atoms with Crippen LogP contribution in [0, 0.1) is 0 Å². The Balaban J connectivity index is 1.48. The first-order valence-electron chi connectivity index (χ1n) is 10.6.